The molecule has 1 heterocycles. The topological polar surface area (TPSA) is 34.5 Å². The molecule has 0 unspecified atom stereocenters. The molecule has 13 heavy (non-hydrogen) atoms. The largest absolute Gasteiger partial charge is 0.275 e. The zero-order valence-electron chi connectivity index (χ0n) is 9.07. The minimum absolute atomic E-state index is 0.102. The van der Waals surface area contributed by atoms with Crippen molar-refractivity contribution in [3.8, 4) is 0 Å². The van der Waals surface area contributed by atoms with Gasteiger partial charge in [-0.25, -0.2) is 0 Å². The monoisotopic (exact) mass is 185 g/mol. The van der Waals surface area contributed by atoms with E-state index >= 15 is 0 Å². The average Bonchev–Trinajstić information content (AvgIpc) is 2.87. The molecule has 0 saturated carbocycles. The molecule has 1 N–H and O–H groups in total. The minimum Gasteiger partial charge on any atom is -0.275 e. The third kappa shape index (κ3) is 4.10. The fourth-order valence-electron chi connectivity index (χ4n) is 1.72. The van der Waals surface area contributed by atoms with E-state index < -0.39 is 0 Å². The van der Waals surface area contributed by atoms with E-state index in [0.717, 1.165) is 0 Å². The molecule has 0 aromatic heterocycles. The van der Waals surface area contributed by atoms with Crippen LogP contribution >= 0.6 is 0 Å². The molecule has 0 amide bonds. The zero-order chi connectivity index (χ0) is 9.57. The van der Waals surface area contributed by atoms with Crippen LogP contribution in [0.4, 0.5) is 0 Å². The van der Waals surface area contributed by atoms with Crippen molar-refractivity contribution in [2.75, 3.05) is 0 Å². The van der Waals surface area contributed by atoms with E-state index in [0.29, 0.717) is 0 Å². The third-order valence-corrected chi connectivity index (χ3v) is 2.76. The Morgan fingerprint density at radius 3 is 1.69 bits per heavy atom. The van der Waals surface area contributed by atoms with Gasteiger partial charge in [-0.15, -0.1) is 0 Å². The maximum Gasteiger partial charge on any atom is 0.161 e. The molecule has 1 aliphatic heterocycles. The van der Waals surface area contributed by atoms with Gasteiger partial charge in [0.15, 0.2) is 5.72 Å². The summed E-state index contributed by atoms with van der Waals surface area (Å²) in [6.07, 6.45) is 10.3. The first-order valence-corrected chi connectivity index (χ1v) is 5.78. The zero-order valence-corrected chi connectivity index (χ0v) is 9.07. The molecule has 0 bridgehead atoms. The van der Waals surface area contributed by atoms with Crippen LogP contribution in [0.1, 0.15) is 65.2 Å². The standard InChI is InChI=1S/C11H23NO/c1-3-5-7-9-11(12-13-11)10-8-6-4-2/h12H,3-10H2,1-2H3. The van der Waals surface area contributed by atoms with E-state index in [4.69, 9.17) is 4.84 Å². The normalized spacial score (nSPS) is 18.9. The Hall–Kier alpha value is -0.0800. The van der Waals surface area contributed by atoms with E-state index in [1.165, 1.54) is 51.4 Å². The van der Waals surface area contributed by atoms with Gasteiger partial charge >= 0.3 is 0 Å². The molecule has 0 radical (unpaired) electrons. The maximum absolute atomic E-state index is 5.34. The highest BCUT2D eigenvalue weighted by Crippen LogP contribution is 2.32. The van der Waals surface area contributed by atoms with Crippen molar-refractivity contribution in [2.45, 2.75) is 70.9 Å². The van der Waals surface area contributed by atoms with Crippen LogP contribution in [0.2, 0.25) is 0 Å². The van der Waals surface area contributed by atoms with E-state index in [2.05, 4.69) is 19.3 Å². The molecular formula is C11H23NO. The minimum atomic E-state index is 0.102. The van der Waals surface area contributed by atoms with Crippen LogP contribution in [-0.4, -0.2) is 5.72 Å². The maximum atomic E-state index is 5.34. The van der Waals surface area contributed by atoms with Crippen LogP contribution in [0.5, 0.6) is 0 Å². The lowest BCUT2D eigenvalue weighted by atomic mass is 10.0. The number of hydroxylamine groups is 1. The fraction of sp³-hybridized carbons (Fsp3) is 1.00. The van der Waals surface area contributed by atoms with Crippen molar-refractivity contribution in [1.82, 2.24) is 5.48 Å². The summed E-state index contributed by atoms with van der Waals surface area (Å²) < 4.78 is 0. The van der Waals surface area contributed by atoms with Crippen molar-refractivity contribution in [3.05, 3.63) is 0 Å². The summed E-state index contributed by atoms with van der Waals surface area (Å²) in [5, 5.41) is 0. The number of unbranched alkanes of at least 4 members (excludes halogenated alkanes) is 4. The van der Waals surface area contributed by atoms with Crippen LogP contribution in [0.25, 0.3) is 0 Å². The molecule has 78 valence electrons. The molecule has 0 aromatic rings. The van der Waals surface area contributed by atoms with Gasteiger partial charge < -0.3 is 0 Å². The highest BCUT2D eigenvalue weighted by atomic mass is 16.8. The Morgan fingerprint density at radius 2 is 1.38 bits per heavy atom. The number of rotatable bonds is 8. The summed E-state index contributed by atoms with van der Waals surface area (Å²) in [4.78, 5) is 5.34. The van der Waals surface area contributed by atoms with Crippen molar-refractivity contribution >= 4 is 0 Å². The summed E-state index contributed by atoms with van der Waals surface area (Å²) in [5.41, 5.74) is 3.17. The van der Waals surface area contributed by atoms with Gasteiger partial charge in [0, 0.05) is 0 Å². The number of hydrogen-bond donors (Lipinski definition) is 1. The Bertz CT molecular complexity index is 120. The molecule has 1 rings (SSSR count). The van der Waals surface area contributed by atoms with E-state index in [-0.39, 0.29) is 5.72 Å². The van der Waals surface area contributed by atoms with Crippen molar-refractivity contribution in [2.24, 2.45) is 0 Å². The molecule has 0 atom stereocenters. The van der Waals surface area contributed by atoms with Gasteiger partial charge in [0.05, 0.1) is 0 Å². The highest BCUT2D eigenvalue weighted by molar-refractivity contribution is 4.82. The quantitative estimate of drug-likeness (QED) is 0.464. The van der Waals surface area contributed by atoms with Crippen molar-refractivity contribution in [3.63, 3.8) is 0 Å². The summed E-state index contributed by atoms with van der Waals surface area (Å²) in [6, 6.07) is 0. The third-order valence-electron chi connectivity index (χ3n) is 2.76. The number of hydrogen-bond acceptors (Lipinski definition) is 2. The Kier molecular flexibility index (Phi) is 4.74. The van der Waals surface area contributed by atoms with Gasteiger partial charge in [-0.05, 0) is 25.7 Å². The smallest absolute Gasteiger partial charge is 0.161 e. The first kappa shape index (κ1) is 11.0. The van der Waals surface area contributed by atoms with Gasteiger partial charge in [-0.3, -0.25) is 4.84 Å². The Labute approximate surface area is 82.0 Å². The Morgan fingerprint density at radius 1 is 0.923 bits per heavy atom. The predicted molar refractivity (Wildman–Crippen MR) is 55.2 cm³/mol. The van der Waals surface area contributed by atoms with Gasteiger partial charge in [0.2, 0.25) is 0 Å². The molecule has 1 fully saturated rings. The first-order valence-electron chi connectivity index (χ1n) is 5.78. The van der Waals surface area contributed by atoms with Crippen LogP contribution in [0.15, 0.2) is 0 Å². The van der Waals surface area contributed by atoms with E-state index in [1.54, 1.807) is 0 Å². The summed E-state index contributed by atoms with van der Waals surface area (Å²) in [7, 11) is 0. The molecule has 1 aliphatic rings. The average molecular weight is 185 g/mol. The predicted octanol–water partition coefficient (Wildman–Crippen LogP) is 3.38. The molecule has 2 heteroatoms. The van der Waals surface area contributed by atoms with Crippen LogP contribution in [-0.2, 0) is 4.84 Å². The summed E-state index contributed by atoms with van der Waals surface area (Å²) >= 11 is 0. The lowest BCUT2D eigenvalue weighted by Gasteiger charge is -2.08. The summed E-state index contributed by atoms with van der Waals surface area (Å²) in [6.45, 7) is 4.48. The first-order chi connectivity index (χ1) is 6.33. The van der Waals surface area contributed by atoms with Crippen LogP contribution in [0.3, 0.4) is 0 Å². The summed E-state index contributed by atoms with van der Waals surface area (Å²) in [5.74, 6) is 0. The van der Waals surface area contributed by atoms with Gasteiger partial charge in [-0.2, -0.15) is 5.48 Å². The SMILES string of the molecule is CCCCCC1(CCCCC)NO1. The number of nitrogens with one attached hydrogen (secondary N) is 1. The molecular weight excluding hydrogens is 162 g/mol. The fourth-order valence-corrected chi connectivity index (χ4v) is 1.72. The second-order valence-electron chi connectivity index (χ2n) is 4.11. The van der Waals surface area contributed by atoms with Gasteiger partial charge in [0.1, 0.15) is 0 Å². The molecule has 1 saturated heterocycles. The molecule has 0 spiro atoms. The second-order valence-corrected chi connectivity index (χ2v) is 4.11. The molecule has 0 aliphatic carbocycles. The molecule has 0 aromatic carbocycles. The van der Waals surface area contributed by atoms with E-state index in [9.17, 15) is 0 Å². The van der Waals surface area contributed by atoms with Crippen molar-refractivity contribution in [1.29, 1.82) is 0 Å². The Balaban J connectivity index is 2.01. The van der Waals surface area contributed by atoms with E-state index in [1.807, 2.05) is 0 Å². The lowest BCUT2D eigenvalue weighted by Crippen LogP contribution is -2.14. The van der Waals surface area contributed by atoms with Gasteiger partial charge in [0.25, 0.3) is 0 Å². The van der Waals surface area contributed by atoms with Crippen LogP contribution in [0, 0.1) is 0 Å². The van der Waals surface area contributed by atoms with Crippen molar-refractivity contribution < 1.29 is 4.84 Å². The lowest BCUT2D eigenvalue weighted by molar-refractivity contribution is 0.255. The van der Waals surface area contributed by atoms with Crippen LogP contribution < -0.4 is 5.48 Å². The highest BCUT2D eigenvalue weighted by Gasteiger charge is 2.43. The molecule has 2 nitrogen and oxygen atoms in total. The second kappa shape index (κ2) is 5.61. The van der Waals surface area contributed by atoms with Gasteiger partial charge in [-0.1, -0.05) is 39.5 Å².